The lowest BCUT2D eigenvalue weighted by Gasteiger charge is -2.02. The molecule has 0 aliphatic carbocycles. The van der Waals surface area contributed by atoms with Crippen molar-refractivity contribution in [2.45, 2.75) is 0 Å². The molecule has 0 unspecified atom stereocenters. The third kappa shape index (κ3) is 2.59. The van der Waals surface area contributed by atoms with Crippen LogP contribution in [-0.4, -0.2) is 10.9 Å². The molecule has 0 spiro atoms. The summed E-state index contributed by atoms with van der Waals surface area (Å²) in [4.78, 5) is 16.7. The molecule has 0 bridgehead atoms. The maximum Gasteiger partial charge on any atom is 0.265 e. The third-order valence-electron chi connectivity index (χ3n) is 2.75. The number of rotatable bonds is 2. The Morgan fingerprint density at radius 2 is 2.10 bits per heavy atom. The Morgan fingerprint density at radius 1 is 1.25 bits per heavy atom. The van der Waals surface area contributed by atoms with E-state index in [1.807, 2.05) is 24.3 Å². The summed E-state index contributed by atoms with van der Waals surface area (Å²) in [5.74, 6) is -0.174. The summed E-state index contributed by atoms with van der Waals surface area (Å²) in [6, 6.07) is 10.7. The van der Waals surface area contributed by atoms with Crippen LogP contribution in [0.3, 0.4) is 0 Å². The molecule has 2 aromatic heterocycles. The molecule has 0 aliphatic heterocycles. The van der Waals surface area contributed by atoms with Crippen LogP contribution in [0.4, 0.5) is 11.4 Å². The molecule has 0 saturated heterocycles. The van der Waals surface area contributed by atoms with Crippen molar-refractivity contribution in [1.29, 1.82) is 0 Å². The van der Waals surface area contributed by atoms with E-state index in [2.05, 4.69) is 10.3 Å². The number of hydrogen-bond donors (Lipinski definition) is 2. The monoisotopic (exact) mass is 303 g/mol. The van der Waals surface area contributed by atoms with Gasteiger partial charge in [0.15, 0.2) is 0 Å². The van der Waals surface area contributed by atoms with Gasteiger partial charge in [-0.25, -0.2) is 4.98 Å². The lowest BCUT2D eigenvalue weighted by molar-refractivity contribution is 0.103. The fourth-order valence-electron chi connectivity index (χ4n) is 1.85. The highest BCUT2D eigenvalue weighted by atomic mass is 35.5. The zero-order chi connectivity index (χ0) is 14.1. The van der Waals surface area contributed by atoms with Crippen LogP contribution in [0.1, 0.15) is 9.67 Å². The topological polar surface area (TPSA) is 68.0 Å². The van der Waals surface area contributed by atoms with Crippen LogP contribution in [0.5, 0.6) is 0 Å². The fraction of sp³-hybridized carbons (Fsp3) is 0. The highest BCUT2D eigenvalue weighted by Crippen LogP contribution is 2.28. The molecule has 20 heavy (non-hydrogen) atoms. The Morgan fingerprint density at radius 3 is 2.90 bits per heavy atom. The molecule has 0 aliphatic rings. The van der Waals surface area contributed by atoms with Crippen molar-refractivity contribution in [3.05, 3.63) is 52.6 Å². The summed E-state index contributed by atoms with van der Waals surface area (Å²) in [5, 5.41) is 4.10. The van der Waals surface area contributed by atoms with Crippen LogP contribution in [0.15, 0.2) is 42.6 Å². The smallest absolute Gasteiger partial charge is 0.265 e. The SMILES string of the molecule is Nc1ccc2sc(C(=O)Nc3ccnc(Cl)c3)cc2c1. The van der Waals surface area contributed by atoms with Gasteiger partial charge in [-0.2, -0.15) is 0 Å². The quantitative estimate of drug-likeness (QED) is 0.559. The van der Waals surface area contributed by atoms with Gasteiger partial charge in [-0.05, 0) is 41.8 Å². The van der Waals surface area contributed by atoms with Crippen LogP contribution in [0.2, 0.25) is 5.15 Å². The number of anilines is 2. The van der Waals surface area contributed by atoms with Crippen molar-refractivity contribution >= 4 is 50.3 Å². The second-order valence-corrected chi connectivity index (χ2v) is 5.70. The predicted octanol–water partition coefficient (Wildman–Crippen LogP) is 3.78. The number of carbonyl (C=O) groups is 1. The first kappa shape index (κ1) is 12.9. The minimum Gasteiger partial charge on any atom is -0.399 e. The number of thiophene rings is 1. The summed E-state index contributed by atoms with van der Waals surface area (Å²) in [6.45, 7) is 0. The van der Waals surface area contributed by atoms with Crippen LogP contribution >= 0.6 is 22.9 Å². The number of halogens is 1. The van der Waals surface area contributed by atoms with Crippen molar-refractivity contribution in [3.8, 4) is 0 Å². The largest absolute Gasteiger partial charge is 0.399 e. The van der Waals surface area contributed by atoms with Gasteiger partial charge >= 0.3 is 0 Å². The number of fused-ring (bicyclic) bond motifs is 1. The number of pyridine rings is 1. The Bertz CT molecular complexity index is 800. The molecule has 1 amide bonds. The number of hydrogen-bond acceptors (Lipinski definition) is 4. The Kier molecular flexibility index (Phi) is 3.30. The van der Waals surface area contributed by atoms with E-state index < -0.39 is 0 Å². The number of nitrogen functional groups attached to an aromatic ring is 1. The van der Waals surface area contributed by atoms with Gasteiger partial charge in [0.05, 0.1) is 4.88 Å². The highest BCUT2D eigenvalue weighted by molar-refractivity contribution is 7.20. The van der Waals surface area contributed by atoms with Crippen LogP contribution in [0.25, 0.3) is 10.1 Å². The van der Waals surface area contributed by atoms with Gasteiger partial charge < -0.3 is 11.1 Å². The van der Waals surface area contributed by atoms with Gasteiger partial charge in [0, 0.05) is 22.3 Å². The molecule has 0 radical (unpaired) electrons. The summed E-state index contributed by atoms with van der Waals surface area (Å²) in [7, 11) is 0. The molecular formula is C14H10ClN3OS. The van der Waals surface area contributed by atoms with E-state index in [0.29, 0.717) is 21.4 Å². The number of amides is 1. The van der Waals surface area contributed by atoms with Gasteiger partial charge in [-0.1, -0.05) is 11.6 Å². The number of nitrogens with two attached hydrogens (primary N) is 1. The molecule has 3 aromatic rings. The van der Waals surface area contributed by atoms with E-state index in [1.165, 1.54) is 11.3 Å². The first-order chi connectivity index (χ1) is 9.61. The number of benzene rings is 1. The van der Waals surface area contributed by atoms with Crippen molar-refractivity contribution in [2.75, 3.05) is 11.1 Å². The second kappa shape index (κ2) is 5.11. The number of carbonyl (C=O) groups excluding carboxylic acids is 1. The maximum atomic E-state index is 12.2. The van der Waals surface area contributed by atoms with E-state index in [4.69, 9.17) is 17.3 Å². The van der Waals surface area contributed by atoms with Gasteiger partial charge in [0.25, 0.3) is 5.91 Å². The molecule has 4 nitrogen and oxygen atoms in total. The molecule has 0 fully saturated rings. The molecule has 0 atom stereocenters. The molecule has 2 heterocycles. The first-order valence-corrected chi connectivity index (χ1v) is 7.03. The zero-order valence-corrected chi connectivity index (χ0v) is 11.8. The lowest BCUT2D eigenvalue weighted by Crippen LogP contribution is -2.09. The molecule has 1 aromatic carbocycles. The second-order valence-electron chi connectivity index (χ2n) is 4.23. The Labute approximate surface area is 124 Å². The van der Waals surface area contributed by atoms with Crippen molar-refractivity contribution in [1.82, 2.24) is 4.98 Å². The van der Waals surface area contributed by atoms with E-state index in [-0.39, 0.29) is 5.91 Å². The average Bonchev–Trinajstić information content (AvgIpc) is 2.81. The van der Waals surface area contributed by atoms with E-state index >= 15 is 0 Å². The Hall–Kier alpha value is -2.11. The molecular weight excluding hydrogens is 294 g/mol. The fourth-order valence-corrected chi connectivity index (χ4v) is 2.96. The van der Waals surface area contributed by atoms with Gasteiger partial charge in [-0.3, -0.25) is 4.79 Å². The Balaban J connectivity index is 1.88. The van der Waals surface area contributed by atoms with Crippen LogP contribution in [0, 0.1) is 0 Å². The average molecular weight is 304 g/mol. The van der Waals surface area contributed by atoms with E-state index in [9.17, 15) is 4.79 Å². The lowest BCUT2D eigenvalue weighted by atomic mass is 10.2. The number of aromatic nitrogens is 1. The van der Waals surface area contributed by atoms with E-state index in [1.54, 1.807) is 18.3 Å². The van der Waals surface area contributed by atoms with Gasteiger partial charge in [0.2, 0.25) is 0 Å². The van der Waals surface area contributed by atoms with Gasteiger partial charge in [-0.15, -0.1) is 11.3 Å². The summed E-state index contributed by atoms with van der Waals surface area (Å²) in [6.07, 6.45) is 1.55. The van der Waals surface area contributed by atoms with Crippen molar-refractivity contribution < 1.29 is 4.79 Å². The van der Waals surface area contributed by atoms with E-state index in [0.717, 1.165) is 10.1 Å². The predicted molar refractivity (Wildman–Crippen MR) is 83.4 cm³/mol. The highest BCUT2D eigenvalue weighted by Gasteiger charge is 2.11. The van der Waals surface area contributed by atoms with Crippen LogP contribution < -0.4 is 11.1 Å². The summed E-state index contributed by atoms with van der Waals surface area (Å²) >= 11 is 7.20. The number of nitrogens with zero attached hydrogens (tertiary/aromatic N) is 1. The van der Waals surface area contributed by atoms with Crippen molar-refractivity contribution in [3.63, 3.8) is 0 Å². The molecule has 100 valence electrons. The minimum atomic E-state index is -0.174. The van der Waals surface area contributed by atoms with Gasteiger partial charge in [0.1, 0.15) is 5.15 Å². The summed E-state index contributed by atoms with van der Waals surface area (Å²) in [5.41, 5.74) is 7.03. The molecule has 3 N–H and O–H groups in total. The zero-order valence-electron chi connectivity index (χ0n) is 10.3. The molecule has 3 rings (SSSR count). The minimum absolute atomic E-state index is 0.174. The normalized spacial score (nSPS) is 10.7. The number of nitrogens with one attached hydrogen (secondary N) is 1. The first-order valence-electron chi connectivity index (χ1n) is 5.84. The van der Waals surface area contributed by atoms with Crippen molar-refractivity contribution in [2.24, 2.45) is 0 Å². The maximum absolute atomic E-state index is 12.2. The third-order valence-corrected chi connectivity index (χ3v) is 4.07. The molecule has 6 heteroatoms. The van der Waals surface area contributed by atoms with Crippen LogP contribution in [-0.2, 0) is 0 Å². The summed E-state index contributed by atoms with van der Waals surface area (Å²) < 4.78 is 1.03. The molecule has 0 saturated carbocycles. The standard InChI is InChI=1S/C14H10ClN3OS/c15-13-7-10(3-4-17-13)18-14(19)12-6-8-5-9(16)1-2-11(8)20-12/h1-7H,16H2,(H,17,18,19).